The van der Waals surface area contributed by atoms with Gasteiger partial charge in [-0.15, -0.1) is 0 Å². The number of ether oxygens (including phenoxy) is 1. The number of rotatable bonds is 4. The summed E-state index contributed by atoms with van der Waals surface area (Å²) in [5, 5.41) is 6.80. The summed E-state index contributed by atoms with van der Waals surface area (Å²) >= 11 is 0. The maximum absolute atomic E-state index is 13.3. The van der Waals surface area contributed by atoms with E-state index in [2.05, 4.69) is 38.6 Å². The highest BCUT2D eigenvalue weighted by atomic mass is 16.5. The normalized spacial score (nSPS) is 34.3. The summed E-state index contributed by atoms with van der Waals surface area (Å²) in [7, 11) is 1.74. The Bertz CT molecular complexity index is 750. The number of fused-ring (bicyclic) bond motifs is 4. The average Bonchev–Trinajstić information content (AvgIpc) is 2.82. The summed E-state index contributed by atoms with van der Waals surface area (Å²) in [6, 6.07) is 9.65. The summed E-state index contributed by atoms with van der Waals surface area (Å²) in [5.74, 6) is 2.44. The van der Waals surface area contributed by atoms with Gasteiger partial charge in [-0.1, -0.05) is 18.6 Å². The number of piperazine rings is 1. The van der Waals surface area contributed by atoms with E-state index >= 15 is 0 Å². The lowest BCUT2D eigenvalue weighted by Crippen LogP contribution is -2.66. The van der Waals surface area contributed by atoms with Crippen LogP contribution in [0.25, 0.3) is 0 Å². The maximum atomic E-state index is 13.3. The van der Waals surface area contributed by atoms with Crippen molar-refractivity contribution in [3.8, 4) is 5.75 Å². The number of methoxy groups -OCH3 is 1. The van der Waals surface area contributed by atoms with E-state index in [-0.39, 0.29) is 6.04 Å². The zero-order valence-electron chi connectivity index (χ0n) is 18.2. The molecule has 4 fully saturated rings. The van der Waals surface area contributed by atoms with Gasteiger partial charge in [-0.3, -0.25) is 9.69 Å². The standard InChI is InChI=1S/C24H36N4O2/c1-30-20-6-4-5-17(11-20)12-23-19-13-18(22-7-2-3-10-28(22)23)15-27(16-19)24(29)21-14-25-8-9-26-21/h4-6,11,18-19,21-23,25-26H,2-3,7-10,12-16H2,1H3/t18-,19+,21+,22+,23+/m1/s1. The van der Waals surface area contributed by atoms with Gasteiger partial charge < -0.3 is 20.3 Å². The minimum absolute atomic E-state index is 0.0585. The van der Waals surface area contributed by atoms with E-state index in [9.17, 15) is 4.79 Å². The Balaban J connectivity index is 1.37. The van der Waals surface area contributed by atoms with Gasteiger partial charge in [0.1, 0.15) is 5.75 Å². The molecule has 0 unspecified atom stereocenters. The van der Waals surface area contributed by atoms with Crippen molar-refractivity contribution in [2.24, 2.45) is 11.8 Å². The van der Waals surface area contributed by atoms with Gasteiger partial charge in [-0.05, 0) is 61.8 Å². The molecule has 2 N–H and O–H groups in total. The monoisotopic (exact) mass is 412 g/mol. The van der Waals surface area contributed by atoms with Gasteiger partial charge in [-0.2, -0.15) is 0 Å². The summed E-state index contributed by atoms with van der Waals surface area (Å²) in [5.41, 5.74) is 1.35. The van der Waals surface area contributed by atoms with Crippen molar-refractivity contribution in [1.82, 2.24) is 20.4 Å². The largest absolute Gasteiger partial charge is 0.497 e. The van der Waals surface area contributed by atoms with Crippen LogP contribution in [0.4, 0.5) is 0 Å². The van der Waals surface area contributed by atoms with Gasteiger partial charge in [-0.25, -0.2) is 0 Å². The lowest BCUT2D eigenvalue weighted by molar-refractivity contribution is -0.143. The van der Waals surface area contributed by atoms with Crippen LogP contribution in [0.5, 0.6) is 5.75 Å². The third-order valence-corrected chi connectivity index (χ3v) is 7.85. The number of carbonyl (C=O) groups excluding carboxylic acids is 1. The van der Waals surface area contributed by atoms with Gasteiger partial charge in [0.05, 0.1) is 13.2 Å². The molecule has 4 aliphatic heterocycles. The van der Waals surface area contributed by atoms with Gasteiger partial charge in [0, 0.05) is 44.8 Å². The van der Waals surface area contributed by atoms with Crippen LogP contribution in [0.15, 0.2) is 24.3 Å². The fourth-order valence-electron chi connectivity index (χ4n) is 6.46. The molecule has 0 spiro atoms. The molecule has 30 heavy (non-hydrogen) atoms. The minimum Gasteiger partial charge on any atom is -0.497 e. The Labute approximate surface area is 180 Å². The van der Waals surface area contributed by atoms with Crippen molar-refractivity contribution >= 4 is 5.91 Å². The lowest BCUT2D eigenvalue weighted by atomic mass is 9.71. The summed E-state index contributed by atoms with van der Waals surface area (Å²) in [6.07, 6.45) is 6.25. The van der Waals surface area contributed by atoms with Crippen LogP contribution in [0.2, 0.25) is 0 Å². The number of piperidine rings is 3. The Morgan fingerprint density at radius 1 is 1.20 bits per heavy atom. The van der Waals surface area contributed by atoms with Crippen molar-refractivity contribution in [1.29, 1.82) is 0 Å². The molecule has 5 atom stereocenters. The Morgan fingerprint density at radius 2 is 2.10 bits per heavy atom. The minimum atomic E-state index is -0.0585. The first kappa shape index (κ1) is 20.3. The summed E-state index contributed by atoms with van der Waals surface area (Å²) in [4.78, 5) is 18.3. The van der Waals surface area contributed by atoms with Gasteiger partial charge in [0.2, 0.25) is 5.91 Å². The molecule has 0 aliphatic carbocycles. The number of benzene rings is 1. The number of carbonyl (C=O) groups is 1. The lowest BCUT2D eigenvalue weighted by Gasteiger charge is -2.57. The average molecular weight is 413 g/mol. The van der Waals surface area contributed by atoms with Crippen LogP contribution in [-0.4, -0.2) is 80.2 Å². The fraction of sp³-hybridized carbons (Fsp3) is 0.708. The third-order valence-electron chi connectivity index (χ3n) is 7.85. The first-order chi connectivity index (χ1) is 14.7. The molecule has 0 saturated carbocycles. The number of nitrogens with one attached hydrogen (secondary N) is 2. The second-order valence-corrected chi connectivity index (χ2v) is 9.63. The molecular weight excluding hydrogens is 376 g/mol. The number of hydrogen-bond donors (Lipinski definition) is 2. The second-order valence-electron chi connectivity index (χ2n) is 9.63. The van der Waals surface area contributed by atoms with E-state index in [0.29, 0.717) is 29.8 Å². The molecule has 1 aromatic rings. The van der Waals surface area contributed by atoms with Gasteiger partial charge >= 0.3 is 0 Å². The van der Waals surface area contributed by atoms with E-state index < -0.39 is 0 Å². The molecule has 0 radical (unpaired) electrons. The Morgan fingerprint density at radius 3 is 2.93 bits per heavy atom. The molecular formula is C24H36N4O2. The van der Waals surface area contributed by atoms with Crippen molar-refractivity contribution in [3.63, 3.8) is 0 Å². The number of likely N-dealkylation sites (tertiary alicyclic amines) is 1. The smallest absolute Gasteiger partial charge is 0.241 e. The molecule has 1 aromatic carbocycles. The molecule has 5 rings (SSSR count). The van der Waals surface area contributed by atoms with E-state index in [1.54, 1.807) is 7.11 Å². The highest BCUT2D eigenvalue weighted by Crippen LogP contribution is 2.42. The first-order valence-corrected chi connectivity index (χ1v) is 11.8. The van der Waals surface area contributed by atoms with Crippen LogP contribution >= 0.6 is 0 Å². The molecule has 1 amide bonds. The van der Waals surface area contributed by atoms with E-state index in [1.165, 1.54) is 37.8 Å². The highest BCUT2D eigenvalue weighted by molar-refractivity contribution is 5.82. The van der Waals surface area contributed by atoms with Crippen LogP contribution in [0.1, 0.15) is 31.2 Å². The highest BCUT2D eigenvalue weighted by Gasteiger charge is 2.48. The predicted octanol–water partition coefficient (Wildman–Crippen LogP) is 1.50. The quantitative estimate of drug-likeness (QED) is 0.785. The van der Waals surface area contributed by atoms with Gasteiger partial charge in [0.25, 0.3) is 0 Å². The first-order valence-electron chi connectivity index (χ1n) is 11.8. The van der Waals surface area contributed by atoms with Gasteiger partial charge in [0.15, 0.2) is 0 Å². The number of hydrogen-bond acceptors (Lipinski definition) is 5. The van der Waals surface area contributed by atoms with Crippen molar-refractivity contribution in [2.75, 3.05) is 46.4 Å². The molecule has 4 saturated heterocycles. The SMILES string of the molecule is COc1cccc(C[C@H]2[C@H]3C[C@H](CN(C(=O)[C@@H]4CNCCN4)C3)[C@@H]3CCCCN32)c1. The number of nitrogens with zero attached hydrogens (tertiary/aromatic N) is 2. The molecule has 0 aromatic heterocycles. The number of amides is 1. The molecule has 6 nitrogen and oxygen atoms in total. The topological polar surface area (TPSA) is 56.8 Å². The van der Waals surface area contributed by atoms with E-state index in [1.807, 2.05) is 6.07 Å². The Kier molecular flexibility index (Phi) is 5.98. The zero-order valence-corrected chi connectivity index (χ0v) is 18.2. The summed E-state index contributed by atoms with van der Waals surface area (Å²) < 4.78 is 5.47. The van der Waals surface area contributed by atoms with Crippen LogP contribution < -0.4 is 15.4 Å². The molecule has 2 bridgehead atoms. The Hall–Kier alpha value is -1.63. The van der Waals surface area contributed by atoms with Crippen molar-refractivity contribution in [2.45, 2.75) is 50.2 Å². The summed E-state index contributed by atoms with van der Waals surface area (Å²) in [6.45, 7) is 5.66. The molecule has 4 aliphatic rings. The van der Waals surface area contributed by atoms with Crippen LogP contribution in [-0.2, 0) is 11.2 Å². The zero-order chi connectivity index (χ0) is 20.5. The molecule has 164 valence electrons. The third kappa shape index (κ3) is 3.97. The van der Waals surface area contributed by atoms with E-state index in [0.717, 1.165) is 44.9 Å². The van der Waals surface area contributed by atoms with Crippen LogP contribution in [0, 0.1) is 11.8 Å². The molecule has 4 heterocycles. The predicted molar refractivity (Wildman–Crippen MR) is 118 cm³/mol. The van der Waals surface area contributed by atoms with Crippen molar-refractivity contribution < 1.29 is 9.53 Å². The van der Waals surface area contributed by atoms with Crippen molar-refractivity contribution in [3.05, 3.63) is 29.8 Å². The van der Waals surface area contributed by atoms with Crippen LogP contribution in [0.3, 0.4) is 0 Å². The maximum Gasteiger partial charge on any atom is 0.241 e. The second kappa shape index (κ2) is 8.85. The van der Waals surface area contributed by atoms with E-state index in [4.69, 9.17) is 4.74 Å². The fourth-order valence-corrected chi connectivity index (χ4v) is 6.46. The molecule has 6 heteroatoms.